The maximum absolute atomic E-state index is 4.53. The van der Waals surface area contributed by atoms with E-state index in [1.54, 1.807) is 18.7 Å². The molecule has 0 unspecified atom stereocenters. The van der Waals surface area contributed by atoms with E-state index in [2.05, 4.69) is 30.2 Å². The van der Waals surface area contributed by atoms with Crippen LogP contribution < -0.4 is 10.2 Å². The first kappa shape index (κ1) is 13.7. The van der Waals surface area contributed by atoms with Crippen molar-refractivity contribution in [3.05, 3.63) is 36.2 Å². The normalized spacial score (nSPS) is 18.6. The van der Waals surface area contributed by atoms with Crippen molar-refractivity contribution in [2.45, 2.75) is 25.7 Å². The van der Waals surface area contributed by atoms with Gasteiger partial charge in [-0.05, 0) is 19.8 Å². The highest BCUT2D eigenvalue weighted by Gasteiger charge is 2.25. The molecular formula is C15H20N6. The van der Waals surface area contributed by atoms with Crippen LogP contribution in [0.4, 0.5) is 11.6 Å². The number of aromatic nitrogens is 4. The van der Waals surface area contributed by atoms with E-state index in [-0.39, 0.29) is 0 Å². The molecule has 1 aliphatic heterocycles. The largest absolute Gasteiger partial charge is 0.372 e. The summed E-state index contributed by atoms with van der Waals surface area (Å²) in [5, 5.41) is 3.14. The van der Waals surface area contributed by atoms with Gasteiger partial charge in [0.1, 0.15) is 18.0 Å². The highest BCUT2D eigenvalue weighted by atomic mass is 15.2. The summed E-state index contributed by atoms with van der Waals surface area (Å²) < 4.78 is 0. The zero-order valence-corrected chi connectivity index (χ0v) is 12.5. The quantitative estimate of drug-likeness (QED) is 0.930. The molecule has 0 aromatic carbocycles. The van der Waals surface area contributed by atoms with Gasteiger partial charge in [0.25, 0.3) is 0 Å². The van der Waals surface area contributed by atoms with Crippen LogP contribution in [0.25, 0.3) is 0 Å². The predicted molar refractivity (Wildman–Crippen MR) is 82.5 cm³/mol. The molecule has 110 valence electrons. The molecular weight excluding hydrogens is 264 g/mol. The lowest BCUT2D eigenvalue weighted by molar-refractivity contribution is 0.498. The third kappa shape index (κ3) is 2.94. The lowest BCUT2D eigenvalue weighted by atomic mass is 9.94. The van der Waals surface area contributed by atoms with E-state index in [9.17, 15) is 0 Å². The monoisotopic (exact) mass is 284 g/mol. The summed E-state index contributed by atoms with van der Waals surface area (Å²) in [4.78, 5) is 19.8. The molecule has 6 nitrogen and oxygen atoms in total. The Morgan fingerprint density at radius 2 is 2.05 bits per heavy atom. The summed E-state index contributed by atoms with van der Waals surface area (Å²) in [6.45, 7) is 3.94. The molecule has 2 aromatic heterocycles. The molecule has 6 heteroatoms. The highest BCUT2D eigenvalue weighted by Crippen LogP contribution is 2.30. The number of hydrogen-bond acceptors (Lipinski definition) is 6. The minimum absolute atomic E-state index is 0.380. The number of aryl methyl sites for hydroxylation is 1. The summed E-state index contributed by atoms with van der Waals surface area (Å²) in [6, 6.07) is 2.04. The fourth-order valence-corrected chi connectivity index (χ4v) is 2.86. The van der Waals surface area contributed by atoms with Gasteiger partial charge in [0.05, 0.1) is 5.69 Å². The van der Waals surface area contributed by atoms with Crippen molar-refractivity contribution in [3.63, 3.8) is 0 Å². The fourth-order valence-electron chi connectivity index (χ4n) is 2.86. The Bertz CT molecular complexity index is 615. The Morgan fingerprint density at radius 3 is 2.86 bits per heavy atom. The van der Waals surface area contributed by atoms with Gasteiger partial charge in [-0.25, -0.2) is 15.0 Å². The van der Waals surface area contributed by atoms with Gasteiger partial charge in [0.15, 0.2) is 0 Å². The van der Waals surface area contributed by atoms with Crippen molar-refractivity contribution in [1.82, 2.24) is 19.9 Å². The molecule has 21 heavy (non-hydrogen) atoms. The molecule has 1 saturated heterocycles. The van der Waals surface area contributed by atoms with Crippen molar-refractivity contribution >= 4 is 11.6 Å². The van der Waals surface area contributed by atoms with Crippen molar-refractivity contribution in [1.29, 1.82) is 0 Å². The standard InChI is InChI=1S/C15H20N6/c1-11-8-13(20-10-19-11)21-7-3-4-12(9-21)14-15(16-2)18-6-5-17-14/h5-6,8,10,12H,3-4,7,9H2,1-2H3,(H,16,18)/t12-/m1/s1. The van der Waals surface area contributed by atoms with E-state index in [1.165, 1.54) is 0 Å². The zero-order valence-electron chi connectivity index (χ0n) is 12.5. The zero-order chi connectivity index (χ0) is 14.7. The Kier molecular flexibility index (Phi) is 3.94. The van der Waals surface area contributed by atoms with Gasteiger partial charge in [-0.3, -0.25) is 4.98 Å². The number of hydrogen-bond donors (Lipinski definition) is 1. The third-order valence-electron chi connectivity index (χ3n) is 3.88. The Labute approximate surface area is 124 Å². The summed E-state index contributed by atoms with van der Waals surface area (Å²) in [7, 11) is 1.89. The van der Waals surface area contributed by atoms with E-state index in [4.69, 9.17) is 0 Å². The minimum Gasteiger partial charge on any atom is -0.372 e. The number of piperidine rings is 1. The van der Waals surface area contributed by atoms with Crippen LogP contribution in [0.1, 0.15) is 30.1 Å². The highest BCUT2D eigenvalue weighted by molar-refractivity contribution is 5.44. The van der Waals surface area contributed by atoms with Gasteiger partial charge in [0, 0.05) is 50.2 Å². The summed E-state index contributed by atoms with van der Waals surface area (Å²) >= 11 is 0. The van der Waals surface area contributed by atoms with Crippen LogP contribution in [0.5, 0.6) is 0 Å². The Hall–Kier alpha value is -2.24. The van der Waals surface area contributed by atoms with Crippen LogP contribution in [0, 0.1) is 6.92 Å². The average Bonchev–Trinajstić information content (AvgIpc) is 2.55. The van der Waals surface area contributed by atoms with Crippen LogP contribution in [-0.4, -0.2) is 40.1 Å². The molecule has 1 atom stereocenters. The number of rotatable bonds is 3. The molecule has 0 bridgehead atoms. The summed E-state index contributed by atoms with van der Waals surface area (Å²) in [5.74, 6) is 2.26. The van der Waals surface area contributed by atoms with E-state index in [0.717, 1.165) is 49.0 Å². The van der Waals surface area contributed by atoms with Gasteiger partial charge in [-0.2, -0.15) is 0 Å². The van der Waals surface area contributed by atoms with Gasteiger partial charge >= 0.3 is 0 Å². The molecule has 1 fully saturated rings. The molecule has 1 aliphatic rings. The van der Waals surface area contributed by atoms with E-state index >= 15 is 0 Å². The Balaban J connectivity index is 1.83. The van der Waals surface area contributed by atoms with Crippen LogP contribution in [-0.2, 0) is 0 Å². The second kappa shape index (κ2) is 6.03. The predicted octanol–water partition coefficient (Wildman–Crippen LogP) is 2.00. The summed E-state index contributed by atoms with van der Waals surface area (Å²) in [6.07, 6.45) is 7.39. The van der Waals surface area contributed by atoms with Crippen molar-refractivity contribution in [2.24, 2.45) is 0 Å². The van der Waals surface area contributed by atoms with Crippen molar-refractivity contribution in [3.8, 4) is 0 Å². The van der Waals surface area contributed by atoms with Gasteiger partial charge < -0.3 is 10.2 Å². The Morgan fingerprint density at radius 1 is 1.19 bits per heavy atom. The minimum atomic E-state index is 0.380. The summed E-state index contributed by atoms with van der Waals surface area (Å²) in [5.41, 5.74) is 2.05. The molecule has 0 spiro atoms. The SMILES string of the molecule is CNc1nccnc1[C@@H]1CCCN(c2cc(C)ncn2)C1. The molecule has 3 rings (SSSR count). The average molecular weight is 284 g/mol. The molecule has 1 N–H and O–H groups in total. The number of nitrogens with one attached hydrogen (secondary N) is 1. The van der Waals surface area contributed by atoms with Crippen molar-refractivity contribution in [2.75, 3.05) is 30.4 Å². The lowest BCUT2D eigenvalue weighted by Gasteiger charge is -2.33. The fraction of sp³-hybridized carbons (Fsp3) is 0.467. The van der Waals surface area contributed by atoms with Gasteiger partial charge in [-0.1, -0.05) is 0 Å². The topological polar surface area (TPSA) is 66.8 Å². The van der Waals surface area contributed by atoms with E-state index in [1.807, 2.05) is 20.0 Å². The van der Waals surface area contributed by atoms with Crippen LogP contribution in [0.2, 0.25) is 0 Å². The maximum Gasteiger partial charge on any atom is 0.147 e. The van der Waals surface area contributed by atoms with Gasteiger partial charge in [-0.15, -0.1) is 0 Å². The second-order valence-electron chi connectivity index (χ2n) is 5.34. The number of nitrogens with zero attached hydrogens (tertiary/aromatic N) is 5. The van der Waals surface area contributed by atoms with E-state index < -0.39 is 0 Å². The molecule has 0 saturated carbocycles. The van der Waals surface area contributed by atoms with Crippen LogP contribution >= 0.6 is 0 Å². The van der Waals surface area contributed by atoms with Crippen LogP contribution in [0.3, 0.4) is 0 Å². The van der Waals surface area contributed by atoms with Crippen LogP contribution in [0.15, 0.2) is 24.8 Å². The van der Waals surface area contributed by atoms with Gasteiger partial charge in [0.2, 0.25) is 0 Å². The van der Waals surface area contributed by atoms with Crippen molar-refractivity contribution < 1.29 is 0 Å². The smallest absolute Gasteiger partial charge is 0.147 e. The second-order valence-corrected chi connectivity index (χ2v) is 5.34. The lowest BCUT2D eigenvalue weighted by Crippen LogP contribution is -2.35. The molecule has 3 heterocycles. The molecule has 0 aliphatic carbocycles. The molecule has 0 amide bonds. The maximum atomic E-state index is 4.53. The first-order chi connectivity index (χ1) is 10.3. The first-order valence-electron chi connectivity index (χ1n) is 7.30. The number of anilines is 2. The van der Waals surface area contributed by atoms with E-state index in [0.29, 0.717) is 5.92 Å². The molecule has 2 aromatic rings. The third-order valence-corrected chi connectivity index (χ3v) is 3.88. The molecule has 0 radical (unpaired) electrons. The first-order valence-corrected chi connectivity index (χ1v) is 7.30.